The second-order valence-electron chi connectivity index (χ2n) is 7.66. The second-order valence-corrected chi connectivity index (χ2v) is 8.07. The van der Waals surface area contributed by atoms with Crippen LogP contribution in [0.1, 0.15) is 24.1 Å². The number of hydrogen-bond donors (Lipinski definition) is 0. The minimum absolute atomic E-state index is 0.00396. The van der Waals surface area contributed by atoms with Crippen molar-refractivity contribution in [3.8, 4) is 11.5 Å². The molecule has 0 aliphatic carbocycles. The van der Waals surface area contributed by atoms with Gasteiger partial charge in [0.15, 0.2) is 11.5 Å². The van der Waals surface area contributed by atoms with Crippen molar-refractivity contribution in [1.29, 1.82) is 0 Å². The number of likely N-dealkylation sites (tertiary alicyclic amines) is 1. The Hall–Kier alpha value is -2.57. The van der Waals surface area contributed by atoms with Crippen molar-refractivity contribution in [2.45, 2.75) is 25.3 Å². The summed E-state index contributed by atoms with van der Waals surface area (Å²) >= 11 is 6.21. The molecule has 2 aromatic rings. The van der Waals surface area contributed by atoms with Gasteiger partial charge in [0.05, 0.1) is 5.02 Å². The van der Waals surface area contributed by atoms with Crippen LogP contribution in [0.4, 0.5) is 0 Å². The molecule has 2 aliphatic rings. The zero-order valence-electron chi connectivity index (χ0n) is 17.1. The van der Waals surface area contributed by atoms with Crippen LogP contribution in [0.25, 0.3) is 6.08 Å². The van der Waals surface area contributed by atoms with Crippen molar-refractivity contribution < 1.29 is 14.3 Å². The van der Waals surface area contributed by atoms with Crippen LogP contribution in [0, 0.1) is 0 Å². The molecule has 0 spiro atoms. The maximum absolute atomic E-state index is 12.7. The first-order valence-electron chi connectivity index (χ1n) is 10.3. The first-order valence-corrected chi connectivity index (χ1v) is 10.6. The Labute approximate surface area is 182 Å². The standard InChI is InChI=1S/C23H26ClN3O3/c1-26(19-8-12-27(13-9-19)11-7-18-4-2-3-10-25-18)22(28)6-5-17-14-20(24)23-21(15-17)29-16-30-23/h2-6,10,14-15,19H,7-9,11-13,16H2,1H3. The molecular weight excluding hydrogens is 402 g/mol. The van der Waals surface area contributed by atoms with E-state index in [-0.39, 0.29) is 18.7 Å². The molecule has 7 heteroatoms. The lowest BCUT2D eigenvalue weighted by Gasteiger charge is -2.36. The Kier molecular flexibility index (Phi) is 6.55. The van der Waals surface area contributed by atoms with Crippen LogP contribution in [0.15, 0.2) is 42.6 Å². The Morgan fingerprint density at radius 2 is 2.13 bits per heavy atom. The highest BCUT2D eigenvalue weighted by molar-refractivity contribution is 6.32. The number of benzene rings is 1. The number of aromatic nitrogens is 1. The highest BCUT2D eigenvalue weighted by atomic mass is 35.5. The number of fused-ring (bicyclic) bond motifs is 1. The molecule has 2 aliphatic heterocycles. The van der Waals surface area contributed by atoms with Crippen molar-refractivity contribution in [1.82, 2.24) is 14.8 Å². The number of carbonyl (C=O) groups is 1. The van der Waals surface area contributed by atoms with Gasteiger partial charge in [0.25, 0.3) is 0 Å². The normalized spacial score (nSPS) is 16.9. The van der Waals surface area contributed by atoms with Crippen LogP contribution >= 0.6 is 11.6 Å². The van der Waals surface area contributed by atoms with Gasteiger partial charge in [0, 0.05) is 57.1 Å². The van der Waals surface area contributed by atoms with Crippen molar-refractivity contribution >= 4 is 23.6 Å². The average Bonchev–Trinajstić information content (AvgIpc) is 3.26. The topological polar surface area (TPSA) is 54.9 Å². The third-order valence-electron chi connectivity index (χ3n) is 5.73. The van der Waals surface area contributed by atoms with Gasteiger partial charge in [0.2, 0.25) is 12.7 Å². The van der Waals surface area contributed by atoms with Gasteiger partial charge in [-0.3, -0.25) is 9.78 Å². The molecule has 0 unspecified atom stereocenters. The maximum Gasteiger partial charge on any atom is 0.246 e. The van der Waals surface area contributed by atoms with Crippen molar-refractivity contribution in [3.05, 3.63) is 58.9 Å². The molecule has 0 N–H and O–H groups in total. The van der Waals surface area contributed by atoms with E-state index < -0.39 is 0 Å². The number of halogens is 1. The van der Waals surface area contributed by atoms with E-state index >= 15 is 0 Å². The Morgan fingerprint density at radius 3 is 2.90 bits per heavy atom. The molecule has 1 amide bonds. The summed E-state index contributed by atoms with van der Waals surface area (Å²) in [7, 11) is 1.88. The van der Waals surface area contributed by atoms with Gasteiger partial charge >= 0.3 is 0 Å². The van der Waals surface area contributed by atoms with E-state index in [2.05, 4.69) is 16.0 Å². The molecule has 6 nitrogen and oxygen atoms in total. The number of carbonyl (C=O) groups excluding carboxylic acids is 1. The van der Waals surface area contributed by atoms with E-state index in [1.807, 2.05) is 36.3 Å². The number of nitrogens with zero attached hydrogens (tertiary/aromatic N) is 3. The summed E-state index contributed by atoms with van der Waals surface area (Å²) < 4.78 is 10.7. The lowest BCUT2D eigenvalue weighted by Crippen LogP contribution is -2.45. The Bertz CT molecular complexity index is 911. The van der Waals surface area contributed by atoms with Crippen LogP contribution in [-0.4, -0.2) is 60.2 Å². The molecule has 1 saturated heterocycles. The summed E-state index contributed by atoms with van der Waals surface area (Å²) in [6.07, 6.45) is 8.13. The van der Waals surface area contributed by atoms with Gasteiger partial charge in [0.1, 0.15) is 0 Å². The third kappa shape index (κ3) is 4.94. The summed E-state index contributed by atoms with van der Waals surface area (Å²) in [6, 6.07) is 9.90. The van der Waals surface area contributed by atoms with E-state index in [9.17, 15) is 4.79 Å². The number of rotatable bonds is 6. The second kappa shape index (κ2) is 9.49. The van der Waals surface area contributed by atoms with Crippen molar-refractivity contribution in [2.75, 3.05) is 33.5 Å². The number of amides is 1. The quantitative estimate of drug-likeness (QED) is 0.659. The highest BCUT2D eigenvalue weighted by Gasteiger charge is 2.24. The molecule has 0 saturated carbocycles. The van der Waals surface area contributed by atoms with Crippen molar-refractivity contribution in [3.63, 3.8) is 0 Å². The molecule has 1 aromatic heterocycles. The summed E-state index contributed by atoms with van der Waals surface area (Å²) in [5, 5.41) is 0.489. The van der Waals surface area contributed by atoms with Crippen LogP contribution in [0.5, 0.6) is 11.5 Å². The highest BCUT2D eigenvalue weighted by Crippen LogP contribution is 2.40. The largest absolute Gasteiger partial charge is 0.454 e. The average molecular weight is 428 g/mol. The number of piperidine rings is 1. The van der Waals surface area contributed by atoms with Crippen LogP contribution in [0.3, 0.4) is 0 Å². The van der Waals surface area contributed by atoms with E-state index in [1.165, 1.54) is 0 Å². The SMILES string of the molecule is CN(C(=O)C=Cc1cc(Cl)c2c(c1)OCO2)C1CCN(CCc2ccccn2)CC1. The number of hydrogen-bond acceptors (Lipinski definition) is 5. The number of ether oxygens (including phenoxy) is 2. The fraction of sp³-hybridized carbons (Fsp3) is 0.391. The minimum Gasteiger partial charge on any atom is -0.454 e. The lowest BCUT2D eigenvalue weighted by atomic mass is 10.0. The van der Waals surface area contributed by atoms with Gasteiger partial charge < -0.3 is 19.3 Å². The zero-order valence-corrected chi connectivity index (χ0v) is 17.8. The first-order chi connectivity index (χ1) is 14.6. The summed E-state index contributed by atoms with van der Waals surface area (Å²) in [4.78, 5) is 21.3. The molecular formula is C23H26ClN3O3. The fourth-order valence-electron chi connectivity index (χ4n) is 3.90. The smallest absolute Gasteiger partial charge is 0.246 e. The fourth-order valence-corrected chi connectivity index (χ4v) is 4.17. The van der Waals surface area contributed by atoms with E-state index in [1.54, 1.807) is 18.2 Å². The van der Waals surface area contributed by atoms with Gasteiger partial charge in [-0.2, -0.15) is 0 Å². The van der Waals surface area contributed by atoms with Crippen molar-refractivity contribution in [2.24, 2.45) is 0 Å². The van der Waals surface area contributed by atoms with Gasteiger partial charge in [-0.25, -0.2) is 0 Å². The Balaban J connectivity index is 1.26. The molecule has 0 atom stereocenters. The molecule has 3 heterocycles. The summed E-state index contributed by atoms with van der Waals surface area (Å²) in [5.41, 5.74) is 1.94. The molecule has 0 radical (unpaired) electrons. The number of likely N-dealkylation sites (N-methyl/N-ethyl adjacent to an activating group) is 1. The third-order valence-corrected chi connectivity index (χ3v) is 6.01. The maximum atomic E-state index is 12.7. The molecule has 1 fully saturated rings. The van der Waals surface area contributed by atoms with E-state index in [0.717, 1.165) is 50.2 Å². The van der Waals surface area contributed by atoms with E-state index in [4.69, 9.17) is 21.1 Å². The molecule has 1 aromatic carbocycles. The number of pyridine rings is 1. The predicted molar refractivity (Wildman–Crippen MR) is 117 cm³/mol. The minimum atomic E-state index is -0.00396. The van der Waals surface area contributed by atoms with Gasteiger partial charge in [-0.05, 0) is 48.7 Å². The first kappa shape index (κ1) is 20.7. The molecule has 0 bridgehead atoms. The summed E-state index contributed by atoms with van der Waals surface area (Å²) in [5.74, 6) is 1.17. The molecule has 30 heavy (non-hydrogen) atoms. The van der Waals surface area contributed by atoms with Gasteiger partial charge in [-0.1, -0.05) is 17.7 Å². The lowest BCUT2D eigenvalue weighted by molar-refractivity contribution is -0.127. The monoisotopic (exact) mass is 427 g/mol. The summed E-state index contributed by atoms with van der Waals surface area (Å²) in [6.45, 7) is 3.17. The van der Waals surface area contributed by atoms with Crippen LogP contribution in [0.2, 0.25) is 5.02 Å². The van der Waals surface area contributed by atoms with E-state index in [0.29, 0.717) is 16.5 Å². The molecule has 158 valence electrons. The Morgan fingerprint density at radius 1 is 1.30 bits per heavy atom. The molecule has 4 rings (SSSR count). The zero-order chi connectivity index (χ0) is 20.9. The van der Waals surface area contributed by atoms with Gasteiger partial charge in [-0.15, -0.1) is 0 Å². The predicted octanol–water partition coefficient (Wildman–Crippen LogP) is 3.64. The van der Waals surface area contributed by atoms with Crippen LogP contribution < -0.4 is 9.47 Å². The van der Waals surface area contributed by atoms with Crippen LogP contribution in [-0.2, 0) is 11.2 Å².